The minimum atomic E-state index is -3.02. The highest BCUT2D eigenvalue weighted by Gasteiger charge is 2.15. The molecule has 1 N–H and O–H groups in total. The van der Waals surface area contributed by atoms with Gasteiger partial charge in [0.15, 0.2) is 9.84 Å². The zero-order chi connectivity index (χ0) is 11.2. The Kier molecular flexibility index (Phi) is 5.71. The highest BCUT2D eigenvalue weighted by Crippen LogP contribution is 1.98. The van der Waals surface area contributed by atoms with E-state index >= 15 is 0 Å². The molecule has 0 saturated carbocycles. The molecule has 0 aromatic carbocycles. The third kappa shape index (κ3) is 5.18. The number of hydrogen-bond acceptors (Lipinski definition) is 5. The van der Waals surface area contributed by atoms with E-state index in [2.05, 4.69) is 10.1 Å². The van der Waals surface area contributed by atoms with Gasteiger partial charge in [-0.05, 0) is 13.8 Å². The zero-order valence-electron chi connectivity index (χ0n) is 8.74. The molecule has 0 aliphatic heterocycles. The second kappa shape index (κ2) is 5.98. The molecule has 0 aliphatic carbocycles. The molecule has 84 valence electrons. The number of hydrogen-bond donors (Lipinski definition) is 1. The third-order valence-electron chi connectivity index (χ3n) is 1.78. The van der Waals surface area contributed by atoms with Crippen molar-refractivity contribution in [3.63, 3.8) is 0 Å². The van der Waals surface area contributed by atoms with E-state index in [0.717, 1.165) is 0 Å². The van der Waals surface area contributed by atoms with E-state index in [9.17, 15) is 13.2 Å². The number of nitrogens with one attached hydrogen (secondary N) is 1. The van der Waals surface area contributed by atoms with Gasteiger partial charge >= 0.3 is 5.97 Å². The lowest BCUT2D eigenvalue weighted by Crippen LogP contribution is -2.31. The van der Waals surface area contributed by atoms with Crippen LogP contribution in [0, 0.1) is 0 Å². The van der Waals surface area contributed by atoms with Gasteiger partial charge in [-0.25, -0.2) is 8.42 Å². The highest BCUT2D eigenvalue weighted by atomic mass is 32.2. The normalized spacial score (nSPS) is 11.7. The minimum absolute atomic E-state index is 0.0433. The Bertz CT molecular complexity index is 271. The van der Waals surface area contributed by atoms with Crippen LogP contribution in [0.25, 0.3) is 0 Å². The number of sulfone groups is 1. The first-order chi connectivity index (χ1) is 6.40. The molecule has 0 heterocycles. The molecule has 0 fully saturated rings. The van der Waals surface area contributed by atoms with Gasteiger partial charge < -0.3 is 10.1 Å². The van der Waals surface area contributed by atoms with E-state index in [1.165, 1.54) is 7.11 Å². The van der Waals surface area contributed by atoms with Crippen molar-refractivity contribution in [1.82, 2.24) is 5.32 Å². The molecule has 0 atom stereocenters. The van der Waals surface area contributed by atoms with Crippen LogP contribution in [0.3, 0.4) is 0 Å². The summed E-state index contributed by atoms with van der Waals surface area (Å²) in [6.45, 7) is 3.59. The summed E-state index contributed by atoms with van der Waals surface area (Å²) in [6.07, 6.45) is 0. The quantitative estimate of drug-likeness (QED) is 0.489. The average Bonchev–Trinajstić information content (AvgIpc) is 2.11. The lowest BCUT2D eigenvalue weighted by molar-refractivity contribution is -0.139. The van der Waals surface area contributed by atoms with E-state index in [4.69, 9.17) is 0 Å². The van der Waals surface area contributed by atoms with Crippen LogP contribution in [0.15, 0.2) is 0 Å². The number of rotatable bonds is 6. The number of carbonyl (C=O) groups is 1. The summed E-state index contributed by atoms with van der Waals surface area (Å²) in [4.78, 5) is 10.6. The molecular formula is C8H17NO4S. The average molecular weight is 223 g/mol. The second-order valence-electron chi connectivity index (χ2n) is 3.17. The van der Waals surface area contributed by atoms with Gasteiger partial charge in [0.25, 0.3) is 0 Å². The van der Waals surface area contributed by atoms with E-state index in [1.807, 2.05) is 0 Å². The monoisotopic (exact) mass is 223 g/mol. The van der Waals surface area contributed by atoms with Crippen molar-refractivity contribution < 1.29 is 17.9 Å². The van der Waals surface area contributed by atoms with Crippen LogP contribution in [-0.2, 0) is 19.4 Å². The van der Waals surface area contributed by atoms with Gasteiger partial charge in [-0.1, -0.05) is 0 Å². The molecule has 0 aromatic heterocycles. The van der Waals surface area contributed by atoms with Crippen molar-refractivity contribution in [3.05, 3.63) is 0 Å². The molecule has 0 radical (unpaired) electrons. The Morgan fingerprint density at radius 3 is 2.43 bits per heavy atom. The first-order valence-electron chi connectivity index (χ1n) is 4.39. The lowest BCUT2D eigenvalue weighted by atomic mass is 10.6. The molecule has 0 aliphatic rings. The first-order valence-corrected chi connectivity index (χ1v) is 6.10. The maximum absolute atomic E-state index is 11.3. The van der Waals surface area contributed by atoms with Crippen LogP contribution in [0.2, 0.25) is 0 Å². The third-order valence-corrected chi connectivity index (χ3v) is 3.99. The van der Waals surface area contributed by atoms with Gasteiger partial charge in [-0.2, -0.15) is 0 Å². The summed E-state index contributed by atoms with van der Waals surface area (Å²) in [5.74, 6) is -0.353. The van der Waals surface area contributed by atoms with Crippen LogP contribution >= 0.6 is 0 Å². The molecule has 0 saturated heterocycles. The van der Waals surface area contributed by atoms with E-state index in [0.29, 0.717) is 0 Å². The summed E-state index contributed by atoms with van der Waals surface area (Å²) >= 11 is 0. The lowest BCUT2D eigenvalue weighted by Gasteiger charge is -2.07. The molecule has 6 heteroatoms. The predicted octanol–water partition coefficient (Wildman–Crippen LogP) is -0.428. The largest absolute Gasteiger partial charge is 0.468 e. The van der Waals surface area contributed by atoms with Gasteiger partial charge in [0.05, 0.1) is 24.7 Å². The Morgan fingerprint density at radius 2 is 2.00 bits per heavy atom. The van der Waals surface area contributed by atoms with E-state index in [1.54, 1.807) is 13.8 Å². The molecule has 0 bridgehead atoms. The van der Waals surface area contributed by atoms with Gasteiger partial charge in [0.1, 0.15) is 0 Å². The zero-order valence-corrected chi connectivity index (χ0v) is 9.56. The van der Waals surface area contributed by atoms with Crippen molar-refractivity contribution >= 4 is 15.8 Å². The summed E-state index contributed by atoms with van der Waals surface area (Å²) in [5.41, 5.74) is 0. The van der Waals surface area contributed by atoms with Crippen LogP contribution < -0.4 is 5.32 Å². The van der Waals surface area contributed by atoms with Gasteiger partial charge in [0.2, 0.25) is 0 Å². The summed E-state index contributed by atoms with van der Waals surface area (Å²) in [6, 6.07) is 0. The number of carbonyl (C=O) groups excluding carboxylic acids is 1. The summed E-state index contributed by atoms with van der Waals surface area (Å²) in [5, 5.41) is 2.32. The van der Waals surface area contributed by atoms with Gasteiger partial charge in [0, 0.05) is 6.54 Å². The van der Waals surface area contributed by atoms with Crippen molar-refractivity contribution in [3.8, 4) is 0 Å². The first kappa shape index (κ1) is 13.4. The fourth-order valence-electron chi connectivity index (χ4n) is 0.713. The molecule has 0 rings (SSSR count). The van der Waals surface area contributed by atoms with Gasteiger partial charge in [-0.15, -0.1) is 0 Å². The molecule has 0 spiro atoms. The van der Waals surface area contributed by atoms with E-state index in [-0.39, 0.29) is 24.1 Å². The van der Waals surface area contributed by atoms with Gasteiger partial charge in [-0.3, -0.25) is 4.79 Å². The molecule has 0 aromatic rings. The number of methoxy groups -OCH3 is 1. The molecule has 0 amide bonds. The highest BCUT2D eigenvalue weighted by molar-refractivity contribution is 7.92. The molecular weight excluding hydrogens is 206 g/mol. The predicted molar refractivity (Wildman–Crippen MR) is 53.8 cm³/mol. The molecule has 5 nitrogen and oxygen atoms in total. The smallest absolute Gasteiger partial charge is 0.319 e. The van der Waals surface area contributed by atoms with Crippen molar-refractivity contribution in [2.75, 3.05) is 26.0 Å². The van der Waals surface area contributed by atoms with Crippen LogP contribution in [0.1, 0.15) is 13.8 Å². The topological polar surface area (TPSA) is 72.5 Å². The van der Waals surface area contributed by atoms with Crippen molar-refractivity contribution in [1.29, 1.82) is 0 Å². The van der Waals surface area contributed by atoms with E-state index < -0.39 is 15.8 Å². The van der Waals surface area contributed by atoms with Crippen LogP contribution in [0.5, 0.6) is 0 Å². The fraction of sp³-hybridized carbons (Fsp3) is 0.875. The summed E-state index contributed by atoms with van der Waals surface area (Å²) < 4.78 is 27.0. The molecule has 0 unspecified atom stereocenters. The fourth-order valence-corrected chi connectivity index (χ4v) is 1.61. The Labute approximate surface area is 84.7 Å². The number of ether oxygens (including phenoxy) is 1. The second-order valence-corrected chi connectivity index (χ2v) is 5.85. The Hall–Kier alpha value is -0.620. The maximum atomic E-state index is 11.3. The SMILES string of the molecule is COC(=O)CNCCS(=O)(=O)C(C)C. The number of esters is 1. The Balaban J connectivity index is 3.71. The van der Waals surface area contributed by atoms with Crippen LogP contribution in [0.4, 0.5) is 0 Å². The van der Waals surface area contributed by atoms with Crippen molar-refractivity contribution in [2.24, 2.45) is 0 Å². The van der Waals surface area contributed by atoms with Crippen LogP contribution in [-0.4, -0.2) is 45.6 Å². The Morgan fingerprint density at radius 1 is 1.43 bits per heavy atom. The standard InChI is InChI=1S/C8H17NO4S/c1-7(2)14(11,12)5-4-9-6-8(10)13-3/h7,9H,4-6H2,1-3H3. The van der Waals surface area contributed by atoms with Crippen molar-refractivity contribution in [2.45, 2.75) is 19.1 Å². The maximum Gasteiger partial charge on any atom is 0.319 e. The summed E-state index contributed by atoms with van der Waals surface area (Å²) in [7, 11) is -1.73. The minimum Gasteiger partial charge on any atom is -0.468 e. The molecule has 14 heavy (non-hydrogen) atoms.